The van der Waals surface area contributed by atoms with E-state index in [2.05, 4.69) is 0 Å². The molecule has 0 spiro atoms. The van der Waals surface area contributed by atoms with Crippen molar-refractivity contribution >= 4 is 27.0 Å². The predicted octanol–water partition coefficient (Wildman–Crippen LogP) is 0.299. The Morgan fingerprint density at radius 3 is 1.75 bits per heavy atom. The lowest BCUT2D eigenvalue weighted by Gasteiger charge is -2.26. The van der Waals surface area contributed by atoms with Gasteiger partial charge in [0.05, 0.1) is 6.54 Å². The SMILES string of the molecule is CO[Si](CCCN(CCN(C(=O)O)C(=O)O)CC(=O)O)(OC)OC. The third-order valence-corrected chi connectivity index (χ3v) is 6.18. The first-order chi connectivity index (χ1) is 11.2. The molecule has 0 aromatic rings. The molecule has 0 aromatic carbocycles. The van der Waals surface area contributed by atoms with Crippen molar-refractivity contribution in [2.75, 3.05) is 47.5 Å². The van der Waals surface area contributed by atoms with Crippen molar-refractivity contribution in [3.63, 3.8) is 0 Å². The smallest absolute Gasteiger partial charge is 0.480 e. The van der Waals surface area contributed by atoms with Gasteiger partial charge >= 0.3 is 27.0 Å². The molecule has 0 unspecified atom stereocenters. The second kappa shape index (κ2) is 10.9. The van der Waals surface area contributed by atoms with E-state index in [4.69, 9.17) is 28.6 Å². The fourth-order valence-corrected chi connectivity index (χ4v) is 3.75. The molecule has 2 amide bonds. The van der Waals surface area contributed by atoms with Gasteiger partial charge in [0.1, 0.15) is 0 Å². The number of hydrogen-bond acceptors (Lipinski definition) is 7. The Labute approximate surface area is 140 Å². The first-order valence-corrected chi connectivity index (χ1v) is 8.97. The molecule has 11 nitrogen and oxygen atoms in total. The average molecular weight is 368 g/mol. The first-order valence-electron chi connectivity index (χ1n) is 7.04. The van der Waals surface area contributed by atoms with Crippen LogP contribution < -0.4 is 0 Å². The van der Waals surface area contributed by atoms with E-state index in [1.54, 1.807) is 0 Å². The fraction of sp³-hybridized carbons (Fsp3) is 0.750. The van der Waals surface area contributed by atoms with E-state index in [1.165, 1.54) is 26.2 Å². The van der Waals surface area contributed by atoms with Crippen molar-refractivity contribution in [3.05, 3.63) is 0 Å². The number of carboxylic acids is 1. The van der Waals surface area contributed by atoms with E-state index >= 15 is 0 Å². The minimum Gasteiger partial charge on any atom is -0.480 e. The molecule has 0 heterocycles. The van der Waals surface area contributed by atoms with Crippen molar-refractivity contribution in [3.8, 4) is 0 Å². The molecule has 0 atom stereocenters. The molecule has 0 radical (unpaired) electrons. The molecule has 0 saturated heterocycles. The van der Waals surface area contributed by atoms with Crippen LogP contribution in [-0.4, -0.2) is 99.6 Å². The molecule has 0 rings (SSSR count). The first kappa shape index (κ1) is 22.3. The number of rotatable bonds is 12. The summed E-state index contributed by atoms with van der Waals surface area (Å²) in [5.41, 5.74) is 0. The Morgan fingerprint density at radius 2 is 1.38 bits per heavy atom. The number of imide groups is 1. The maximum absolute atomic E-state index is 10.9. The summed E-state index contributed by atoms with van der Waals surface area (Å²) in [5, 5.41) is 26.5. The van der Waals surface area contributed by atoms with Gasteiger partial charge in [-0.3, -0.25) is 9.69 Å². The van der Waals surface area contributed by atoms with Crippen molar-refractivity contribution in [2.24, 2.45) is 0 Å². The van der Waals surface area contributed by atoms with Crippen LogP contribution in [0.4, 0.5) is 9.59 Å². The summed E-state index contributed by atoms with van der Waals surface area (Å²) in [6.45, 7) is -0.426. The van der Waals surface area contributed by atoms with Crippen LogP contribution in [-0.2, 0) is 18.1 Å². The predicted molar refractivity (Wildman–Crippen MR) is 83.0 cm³/mol. The summed E-state index contributed by atoms with van der Waals surface area (Å²) in [6, 6.07) is 0.439. The van der Waals surface area contributed by atoms with Crippen LogP contribution in [0, 0.1) is 0 Å². The van der Waals surface area contributed by atoms with Gasteiger partial charge in [-0.15, -0.1) is 0 Å². The molecular formula is C12H24N2O9Si. The number of amides is 2. The molecule has 0 bridgehead atoms. The van der Waals surface area contributed by atoms with Gasteiger partial charge in [0.25, 0.3) is 0 Å². The van der Waals surface area contributed by atoms with Crippen molar-refractivity contribution in [1.29, 1.82) is 0 Å². The van der Waals surface area contributed by atoms with E-state index in [9.17, 15) is 14.4 Å². The van der Waals surface area contributed by atoms with Crippen LogP contribution in [0.25, 0.3) is 0 Å². The van der Waals surface area contributed by atoms with E-state index in [1.807, 2.05) is 0 Å². The minimum absolute atomic E-state index is 0.0353. The molecule has 0 aromatic heterocycles. The Kier molecular flexibility index (Phi) is 10.1. The van der Waals surface area contributed by atoms with Crippen LogP contribution in [0.15, 0.2) is 0 Å². The van der Waals surface area contributed by atoms with Crippen molar-refractivity contribution < 1.29 is 43.0 Å². The van der Waals surface area contributed by atoms with Crippen molar-refractivity contribution in [1.82, 2.24) is 9.80 Å². The number of carboxylic acid groups (broad SMARTS) is 3. The zero-order valence-corrected chi connectivity index (χ0v) is 14.9. The van der Waals surface area contributed by atoms with Gasteiger partial charge in [0, 0.05) is 40.5 Å². The Hall–Kier alpha value is -1.73. The largest absolute Gasteiger partial charge is 0.500 e. The van der Waals surface area contributed by atoms with Gasteiger partial charge < -0.3 is 28.6 Å². The summed E-state index contributed by atoms with van der Waals surface area (Å²) in [6.07, 6.45) is -2.74. The number of hydrogen-bond donors (Lipinski definition) is 3. The maximum Gasteiger partial charge on any atom is 0.500 e. The number of nitrogens with zero attached hydrogens (tertiary/aromatic N) is 2. The molecule has 0 aliphatic rings. The molecule has 3 N–H and O–H groups in total. The zero-order chi connectivity index (χ0) is 18.8. The summed E-state index contributed by atoms with van der Waals surface area (Å²) in [5.74, 6) is -1.10. The van der Waals surface area contributed by atoms with Crippen LogP contribution >= 0.6 is 0 Å². The second-order valence-corrected chi connectivity index (χ2v) is 7.88. The third-order valence-electron chi connectivity index (χ3n) is 3.35. The lowest BCUT2D eigenvalue weighted by molar-refractivity contribution is -0.138. The van der Waals surface area contributed by atoms with Gasteiger partial charge in [0.2, 0.25) is 0 Å². The quantitative estimate of drug-likeness (QED) is 0.411. The molecule has 0 fully saturated rings. The molecule has 140 valence electrons. The lowest BCUT2D eigenvalue weighted by Crippen LogP contribution is -2.45. The molecule has 12 heteroatoms. The van der Waals surface area contributed by atoms with E-state index in [-0.39, 0.29) is 24.5 Å². The van der Waals surface area contributed by atoms with Gasteiger partial charge in [0.15, 0.2) is 0 Å². The second-order valence-electron chi connectivity index (χ2n) is 4.79. The normalized spacial score (nSPS) is 11.5. The highest BCUT2D eigenvalue weighted by molar-refractivity contribution is 6.60. The summed E-state index contributed by atoms with van der Waals surface area (Å²) in [7, 11) is 1.61. The average Bonchev–Trinajstić information content (AvgIpc) is 2.50. The zero-order valence-electron chi connectivity index (χ0n) is 13.9. The van der Waals surface area contributed by atoms with E-state index < -0.39 is 27.0 Å². The Bertz CT molecular complexity index is 408. The topological polar surface area (TPSA) is 146 Å². The summed E-state index contributed by atoms with van der Waals surface area (Å²) >= 11 is 0. The fourth-order valence-electron chi connectivity index (χ4n) is 2.05. The van der Waals surface area contributed by atoms with Gasteiger partial charge in [-0.05, 0) is 13.0 Å². The standard InChI is InChI=1S/C12H24N2O9Si/c1-21-24(22-2,23-3)8-4-5-13(9-10(15)16)6-7-14(11(17)18)12(19)20/h4-9H2,1-3H3,(H,15,16)(H,17,18)(H,19,20). The minimum atomic E-state index is -2.78. The van der Waals surface area contributed by atoms with Crippen molar-refractivity contribution in [2.45, 2.75) is 12.5 Å². The highest BCUT2D eigenvalue weighted by Gasteiger charge is 2.37. The number of carbonyl (C=O) groups is 3. The van der Waals surface area contributed by atoms with Crippen LogP contribution in [0.1, 0.15) is 6.42 Å². The van der Waals surface area contributed by atoms with Crippen LogP contribution in [0.2, 0.25) is 6.04 Å². The van der Waals surface area contributed by atoms with Gasteiger partial charge in [-0.1, -0.05) is 0 Å². The Morgan fingerprint density at radius 1 is 0.875 bits per heavy atom. The monoisotopic (exact) mass is 368 g/mol. The molecule has 0 aliphatic heterocycles. The summed E-state index contributed by atoms with van der Waals surface area (Å²) < 4.78 is 15.8. The maximum atomic E-state index is 10.9. The molecule has 0 aliphatic carbocycles. The van der Waals surface area contributed by atoms with E-state index in [0.717, 1.165) is 0 Å². The lowest BCUT2D eigenvalue weighted by atomic mass is 10.3. The highest BCUT2D eigenvalue weighted by atomic mass is 28.4. The molecular weight excluding hydrogens is 344 g/mol. The van der Waals surface area contributed by atoms with E-state index in [0.29, 0.717) is 19.0 Å². The Balaban J connectivity index is 4.64. The molecule has 24 heavy (non-hydrogen) atoms. The number of aliphatic carboxylic acids is 1. The van der Waals surface area contributed by atoms with Crippen LogP contribution in [0.3, 0.4) is 0 Å². The summed E-state index contributed by atoms with van der Waals surface area (Å²) in [4.78, 5) is 34.2. The third kappa shape index (κ3) is 7.70. The van der Waals surface area contributed by atoms with Gasteiger partial charge in [-0.2, -0.15) is 0 Å². The molecule has 0 saturated carbocycles. The van der Waals surface area contributed by atoms with Gasteiger partial charge in [-0.25, -0.2) is 14.5 Å². The highest BCUT2D eigenvalue weighted by Crippen LogP contribution is 2.15. The van der Waals surface area contributed by atoms with Crippen LogP contribution in [0.5, 0.6) is 0 Å².